The number of hydrogen-bond donors (Lipinski definition) is 1. The predicted molar refractivity (Wildman–Crippen MR) is 70.6 cm³/mol. The first-order valence-corrected chi connectivity index (χ1v) is 6.32. The lowest BCUT2D eigenvalue weighted by Gasteiger charge is -2.36. The van der Waals surface area contributed by atoms with Gasteiger partial charge in [-0.25, -0.2) is 0 Å². The SMILES string of the molecule is Nc1cc(Cl)ccc1N1CCN(CC(F)(F)F)CC1. The third-order valence-electron chi connectivity index (χ3n) is 3.11. The van der Waals surface area contributed by atoms with Crippen LogP contribution in [-0.2, 0) is 0 Å². The third-order valence-corrected chi connectivity index (χ3v) is 3.34. The zero-order valence-electron chi connectivity index (χ0n) is 10.3. The molecule has 19 heavy (non-hydrogen) atoms. The van der Waals surface area contributed by atoms with Crippen LogP contribution in [0.25, 0.3) is 0 Å². The number of nitrogens with two attached hydrogens (primary N) is 1. The lowest BCUT2D eigenvalue weighted by Crippen LogP contribution is -2.49. The molecular formula is C12H15ClF3N3. The highest BCUT2D eigenvalue weighted by Gasteiger charge is 2.32. The molecule has 1 aromatic carbocycles. The Morgan fingerprint density at radius 2 is 1.79 bits per heavy atom. The average molecular weight is 294 g/mol. The van der Waals surface area contributed by atoms with Crippen molar-refractivity contribution >= 4 is 23.0 Å². The molecule has 0 amide bonds. The maximum atomic E-state index is 12.3. The van der Waals surface area contributed by atoms with Crippen molar-refractivity contribution in [2.75, 3.05) is 43.4 Å². The molecule has 1 aliphatic heterocycles. The van der Waals surface area contributed by atoms with Gasteiger partial charge < -0.3 is 10.6 Å². The van der Waals surface area contributed by atoms with E-state index in [0.29, 0.717) is 36.9 Å². The molecule has 0 saturated carbocycles. The lowest BCUT2D eigenvalue weighted by atomic mass is 10.2. The lowest BCUT2D eigenvalue weighted by molar-refractivity contribution is -0.146. The molecule has 1 saturated heterocycles. The normalized spacial score (nSPS) is 17.8. The summed E-state index contributed by atoms with van der Waals surface area (Å²) >= 11 is 5.82. The fraction of sp³-hybridized carbons (Fsp3) is 0.500. The van der Waals surface area contributed by atoms with E-state index in [4.69, 9.17) is 17.3 Å². The van der Waals surface area contributed by atoms with Crippen LogP contribution in [0.5, 0.6) is 0 Å². The Balaban J connectivity index is 1.96. The molecule has 0 unspecified atom stereocenters. The Morgan fingerprint density at radius 1 is 1.16 bits per heavy atom. The van der Waals surface area contributed by atoms with Gasteiger partial charge in [0.2, 0.25) is 0 Å². The topological polar surface area (TPSA) is 32.5 Å². The number of anilines is 2. The minimum atomic E-state index is -4.14. The smallest absolute Gasteiger partial charge is 0.397 e. The van der Waals surface area contributed by atoms with Crippen molar-refractivity contribution in [3.05, 3.63) is 23.2 Å². The molecule has 0 atom stereocenters. The monoisotopic (exact) mass is 293 g/mol. The van der Waals surface area contributed by atoms with E-state index < -0.39 is 12.7 Å². The number of hydrogen-bond acceptors (Lipinski definition) is 3. The summed E-state index contributed by atoms with van der Waals surface area (Å²) in [6.45, 7) is 0.962. The molecule has 2 N–H and O–H groups in total. The third kappa shape index (κ3) is 3.91. The molecule has 1 aromatic rings. The van der Waals surface area contributed by atoms with Crippen LogP contribution in [0.2, 0.25) is 5.02 Å². The quantitative estimate of drug-likeness (QED) is 0.851. The number of alkyl halides is 3. The number of nitrogens with zero attached hydrogens (tertiary/aromatic N) is 2. The van der Waals surface area contributed by atoms with Gasteiger partial charge >= 0.3 is 6.18 Å². The number of halogens is 4. The van der Waals surface area contributed by atoms with E-state index in [2.05, 4.69) is 0 Å². The minimum absolute atomic E-state index is 0.377. The van der Waals surface area contributed by atoms with E-state index in [1.54, 1.807) is 18.2 Å². The highest BCUT2D eigenvalue weighted by Crippen LogP contribution is 2.27. The number of piperazine rings is 1. The van der Waals surface area contributed by atoms with E-state index in [0.717, 1.165) is 5.69 Å². The molecule has 1 aliphatic rings. The summed E-state index contributed by atoms with van der Waals surface area (Å²) in [5.74, 6) is 0. The van der Waals surface area contributed by atoms with Crippen molar-refractivity contribution in [3.8, 4) is 0 Å². The van der Waals surface area contributed by atoms with E-state index in [-0.39, 0.29) is 0 Å². The largest absolute Gasteiger partial charge is 0.401 e. The van der Waals surface area contributed by atoms with Crippen LogP contribution in [0.4, 0.5) is 24.5 Å². The molecule has 106 valence electrons. The van der Waals surface area contributed by atoms with Gasteiger partial charge in [0.25, 0.3) is 0 Å². The second-order valence-corrected chi connectivity index (χ2v) is 5.02. The van der Waals surface area contributed by atoms with Crippen LogP contribution in [-0.4, -0.2) is 43.8 Å². The van der Waals surface area contributed by atoms with Crippen LogP contribution in [0.15, 0.2) is 18.2 Å². The summed E-state index contributed by atoms with van der Waals surface area (Å²) in [7, 11) is 0. The molecule has 0 aromatic heterocycles. The van der Waals surface area contributed by atoms with E-state index in [1.165, 1.54) is 4.90 Å². The van der Waals surface area contributed by atoms with Crippen LogP contribution < -0.4 is 10.6 Å². The first kappa shape index (κ1) is 14.3. The van der Waals surface area contributed by atoms with Crippen molar-refractivity contribution < 1.29 is 13.2 Å². The fourth-order valence-corrected chi connectivity index (χ4v) is 2.39. The molecule has 7 heteroatoms. The van der Waals surface area contributed by atoms with Crippen LogP contribution >= 0.6 is 11.6 Å². The molecule has 2 rings (SSSR count). The summed E-state index contributed by atoms with van der Waals surface area (Å²) in [5, 5.41) is 0.553. The van der Waals surface area contributed by atoms with Gasteiger partial charge in [0, 0.05) is 31.2 Å². The van der Waals surface area contributed by atoms with Gasteiger partial charge in [-0.15, -0.1) is 0 Å². The maximum Gasteiger partial charge on any atom is 0.401 e. The molecule has 0 aliphatic carbocycles. The maximum absolute atomic E-state index is 12.3. The van der Waals surface area contributed by atoms with Gasteiger partial charge in [-0.3, -0.25) is 4.90 Å². The molecule has 0 spiro atoms. The van der Waals surface area contributed by atoms with Crippen molar-refractivity contribution in [1.82, 2.24) is 4.90 Å². The average Bonchev–Trinajstić information content (AvgIpc) is 2.28. The Labute approximate surface area is 114 Å². The Kier molecular flexibility index (Phi) is 4.10. The zero-order chi connectivity index (χ0) is 14.0. The number of rotatable bonds is 2. The summed E-state index contributed by atoms with van der Waals surface area (Å²) < 4.78 is 36.8. The van der Waals surface area contributed by atoms with Crippen LogP contribution in [0, 0.1) is 0 Å². The van der Waals surface area contributed by atoms with Gasteiger partial charge in [0.05, 0.1) is 17.9 Å². The van der Waals surface area contributed by atoms with Crippen molar-refractivity contribution in [1.29, 1.82) is 0 Å². The Bertz CT molecular complexity index is 442. The molecule has 0 bridgehead atoms. The number of nitrogen functional groups attached to an aromatic ring is 1. The molecule has 1 heterocycles. The van der Waals surface area contributed by atoms with Crippen molar-refractivity contribution in [2.24, 2.45) is 0 Å². The molecular weight excluding hydrogens is 279 g/mol. The molecule has 1 fully saturated rings. The highest BCUT2D eigenvalue weighted by atomic mass is 35.5. The second kappa shape index (κ2) is 5.46. The van der Waals surface area contributed by atoms with Crippen molar-refractivity contribution in [2.45, 2.75) is 6.18 Å². The van der Waals surface area contributed by atoms with E-state index in [1.807, 2.05) is 4.90 Å². The number of benzene rings is 1. The van der Waals surface area contributed by atoms with E-state index >= 15 is 0 Å². The van der Waals surface area contributed by atoms with Gasteiger partial charge in [-0.2, -0.15) is 13.2 Å². The standard InChI is InChI=1S/C12H15ClF3N3/c13-9-1-2-11(10(17)7-9)19-5-3-18(4-6-19)8-12(14,15)16/h1-2,7H,3-6,8,17H2. The van der Waals surface area contributed by atoms with Gasteiger partial charge in [0.15, 0.2) is 0 Å². The molecule has 3 nitrogen and oxygen atoms in total. The second-order valence-electron chi connectivity index (χ2n) is 4.58. The van der Waals surface area contributed by atoms with Crippen LogP contribution in [0.1, 0.15) is 0 Å². The highest BCUT2D eigenvalue weighted by molar-refractivity contribution is 6.31. The predicted octanol–water partition coefficient (Wildman–Crippen LogP) is 2.61. The fourth-order valence-electron chi connectivity index (χ4n) is 2.21. The minimum Gasteiger partial charge on any atom is -0.397 e. The summed E-state index contributed by atoms with van der Waals surface area (Å²) in [5.41, 5.74) is 7.25. The zero-order valence-corrected chi connectivity index (χ0v) is 11.0. The van der Waals surface area contributed by atoms with E-state index in [9.17, 15) is 13.2 Å². The summed E-state index contributed by atoms with van der Waals surface area (Å²) in [4.78, 5) is 3.39. The van der Waals surface area contributed by atoms with Gasteiger partial charge in [-0.05, 0) is 18.2 Å². The Morgan fingerprint density at radius 3 is 2.32 bits per heavy atom. The van der Waals surface area contributed by atoms with Gasteiger partial charge in [-0.1, -0.05) is 11.6 Å². The first-order valence-electron chi connectivity index (χ1n) is 5.94. The first-order chi connectivity index (χ1) is 8.85. The Hall–Kier alpha value is -1.14. The van der Waals surface area contributed by atoms with Crippen molar-refractivity contribution in [3.63, 3.8) is 0 Å². The molecule has 0 radical (unpaired) electrons. The van der Waals surface area contributed by atoms with Gasteiger partial charge in [0.1, 0.15) is 0 Å². The summed E-state index contributed by atoms with van der Waals surface area (Å²) in [6, 6.07) is 5.19. The van der Waals surface area contributed by atoms with Crippen LogP contribution in [0.3, 0.4) is 0 Å². The summed E-state index contributed by atoms with van der Waals surface area (Å²) in [6.07, 6.45) is -4.14.